The number of nitrogens with zero attached hydrogens (tertiary/aromatic N) is 3. The van der Waals surface area contributed by atoms with Crippen molar-refractivity contribution in [2.45, 2.75) is 31.7 Å². The maximum absolute atomic E-state index is 6.78. The van der Waals surface area contributed by atoms with Crippen LogP contribution in [-0.2, 0) is 5.41 Å². The van der Waals surface area contributed by atoms with Crippen molar-refractivity contribution in [1.29, 1.82) is 0 Å². The summed E-state index contributed by atoms with van der Waals surface area (Å²) in [6.07, 6.45) is 1.03. The zero-order chi connectivity index (χ0) is 20.2. The first kappa shape index (κ1) is 17.8. The van der Waals surface area contributed by atoms with Crippen molar-refractivity contribution < 1.29 is 0 Å². The van der Waals surface area contributed by atoms with Gasteiger partial charge in [-0.25, -0.2) is 0 Å². The van der Waals surface area contributed by atoms with E-state index in [1.54, 1.807) is 0 Å². The number of aromatic amines is 1. The normalized spacial score (nSPS) is 21.2. The smallest absolute Gasteiger partial charge is 0.153 e. The van der Waals surface area contributed by atoms with Crippen molar-refractivity contribution in [3.63, 3.8) is 0 Å². The minimum Gasteiger partial charge on any atom is -0.382 e. The molecule has 0 amide bonds. The average Bonchev–Trinajstić information content (AvgIpc) is 3.16. The Kier molecular flexibility index (Phi) is 3.76. The number of hydrogen-bond acceptors (Lipinski definition) is 5. The van der Waals surface area contributed by atoms with Crippen molar-refractivity contribution in [3.8, 4) is 11.3 Å². The average molecular weight is 384 g/mol. The standard InChI is InChI=1S/C23H24N6/c1-22(2)13-23(22,15-6-4-3-5-7-15)20(24)19-11-10-17(26-28-19)14-8-9-18-16(12-14)21(25)29-27-18/h3-12,20H,13,24H2,1-2H3,(H3,25,27,29). The molecule has 2 atom stereocenters. The van der Waals surface area contributed by atoms with E-state index in [2.05, 4.69) is 58.5 Å². The molecule has 2 unspecified atom stereocenters. The lowest BCUT2D eigenvalue weighted by Crippen LogP contribution is -2.31. The molecule has 2 aromatic carbocycles. The Balaban J connectivity index is 1.48. The second-order valence-corrected chi connectivity index (χ2v) is 8.59. The van der Waals surface area contributed by atoms with Crippen LogP contribution in [0.2, 0.25) is 0 Å². The first-order valence-electron chi connectivity index (χ1n) is 9.81. The Labute approximate surface area is 169 Å². The Hall–Kier alpha value is -3.25. The van der Waals surface area contributed by atoms with Crippen LogP contribution in [0.3, 0.4) is 0 Å². The SMILES string of the molecule is CC1(C)CC1(c1ccccc1)C(N)c1ccc(-c2ccc3[nH]nc(N)c3c2)nn1. The van der Waals surface area contributed by atoms with Gasteiger partial charge in [-0.15, -0.1) is 0 Å². The fourth-order valence-electron chi connectivity index (χ4n) is 4.70. The summed E-state index contributed by atoms with van der Waals surface area (Å²) in [7, 11) is 0. The van der Waals surface area contributed by atoms with Crippen LogP contribution in [0.15, 0.2) is 60.7 Å². The highest BCUT2D eigenvalue weighted by molar-refractivity contribution is 5.91. The van der Waals surface area contributed by atoms with Crippen LogP contribution < -0.4 is 11.5 Å². The van der Waals surface area contributed by atoms with Gasteiger partial charge < -0.3 is 11.5 Å². The van der Waals surface area contributed by atoms with E-state index in [1.807, 2.05) is 36.4 Å². The van der Waals surface area contributed by atoms with Gasteiger partial charge in [0.15, 0.2) is 5.82 Å². The summed E-state index contributed by atoms with van der Waals surface area (Å²) < 4.78 is 0. The molecule has 1 fully saturated rings. The molecule has 0 spiro atoms. The molecule has 2 heterocycles. The van der Waals surface area contributed by atoms with E-state index in [4.69, 9.17) is 11.5 Å². The predicted octanol–water partition coefficient (Wildman–Crippen LogP) is 3.97. The maximum atomic E-state index is 6.78. The molecule has 0 saturated heterocycles. The van der Waals surface area contributed by atoms with Crippen LogP contribution >= 0.6 is 0 Å². The van der Waals surface area contributed by atoms with Crippen LogP contribution in [0.4, 0.5) is 5.82 Å². The molecule has 2 aromatic heterocycles. The third-order valence-electron chi connectivity index (χ3n) is 6.52. The Bertz CT molecular complexity index is 1180. The van der Waals surface area contributed by atoms with Gasteiger partial charge in [-0.3, -0.25) is 5.10 Å². The molecular formula is C23H24N6. The van der Waals surface area contributed by atoms with Gasteiger partial charge in [-0.1, -0.05) is 50.2 Å². The quantitative estimate of drug-likeness (QED) is 0.493. The summed E-state index contributed by atoms with van der Waals surface area (Å²) in [5.41, 5.74) is 17.4. The molecular weight excluding hydrogens is 360 g/mol. The number of nitrogen functional groups attached to an aromatic ring is 1. The number of aromatic nitrogens is 4. The van der Waals surface area contributed by atoms with Crippen molar-refractivity contribution in [2.24, 2.45) is 11.1 Å². The monoisotopic (exact) mass is 384 g/mol. The number of H-pyrrole nitrogens is 1. The molecule has 29 heavy (non-hydrogen) atoms. The van der Waals surface area contributed by atoms with Crippen LogP contribution in [0, 0.1) is 5.41 Å². The fourth-order valence-corrected chi connectivity index (χ4v) is 4.70. The molecule has 1 aliphatic carbocycles. The van der Waals surface area contributed by atoms with Gasteiger partial charge in [0, 0.05) is 16.4 Å². The Morgan fingerprint density at radius 2 is 1.76 bits per heavy atom. The third-order valence-corrected chi connectivity index (χ3v) is 6.52. The van der Waals surface area contributed by atoms with E-state index in [9.17, 15) is 0 Å². The lowest BCUT2D eigenvalue weighted by molar-refractivity contribution is 0.415. The summed E-state index contributed by atoms with van der Waals surface area (Å²) in [5, 5.41) is 16.8. The highest BCUT2D eigenvalue weighted by Crippen LogP contribution is 2.68. The maximum Gasteiger partial charge on any atom is 0.153 e. The molecule has 0 aliphatic heterocycles. The van der Waals surface area contributed by atoms with E-state index >= 15 is 0 Å². The summed E-state index contributed by atoms with van der Waals surface area (Å²) >= 11 is 0. The predicted molar refractivity (Wildman–Crippen MR) is 115 cm³/mol. The van der Waals surface area contributed by atoms with Gasteiger partial charge in [-0.05, 0) is 41.7 Å². The van der Waals surface area contributed by atoms with Gasteiger partial charge in [0.05, 0.1) is 22.9 Å². The number of nitrogens with two attached hydrogens (primary N) is 2. The van der Waals surface area contributed by atoms with E-state index in [-0.39, 0.29) is 16.9 Å². The number of anilines is 1. The molecule has 4 aromatic rings. The van der Waals surface area contributed by atoms with E-state index in [1.165, 1.54) is 5.56 Å². The second-order valence-electron chi connectivity index (χ2n) is 8.59. The lowest BCUT2D eigenvalue weighted by atomic mass is 9.80. The first-order valence-corrected chi connectivity index (χ1v) is 9.81. The fraction of sp³-hybridized carbons (Fsp3) is 0.261. The first-order chi connectivity index (χ1) is 13.9. The van der Waals surface area contributed by atoms with Crippen LogP contribution in [0.25, 0.3) is 22.2 Å². The van der Waals surface area contributed by atoms with E-state index in [0.717, 1.165) is 34.3 Å². The topological polar surface area (TPSA) is 106 Å². The van der Waals surface area contributed by atoms with Gasteiger partial charge >= 0.3 is 0 Å². The van der Waals surface area contributed by atoms with Crippen molar-refractivity contribution in [3.05, 3.63) is 71.9 Å². The highest BCUT2D eigenvalue weighted by Gasteiger charge is 2.65. The second kappa shape index (κ2) is 6.12. The third kappa shape index (κ3) is 2.63. The molecule has 1 aliphatic rings. The molecule has 6 nitrogen and oxygen atoms in total. The molecule has 5 N–H and O–H groups in total. The number of fused-ring (bicyclic) bond motifs is 1. The van der Waals surface area contributed by atoms with Crippen LogP contribution in [0.5, 0.6) is 0 Å². The summed E-state index contributed by atoms with van der Waals surface area (Å²) in [6, 6.07) is 20.2. The summed E-state index contributed by atoms with van der Waals surface area (Å²) in [5.74, 6) is 0.481. The molecule has 146 valence electrons. The van der Waals surface area contributed by atoms with Gasteiger partial charge in [-0.2, -0.15) is 15.3 Å². The summed E-state index contributed by atoms with van der Waals surface area (Å²) in [4.78, 5) is 0. The van der Waals surface area contributed by atoms with Gasteiger partial charge in [0.1, 0.15) is 0 Å². The zero-order valence-corrected chi connectivity index (χ0v) is 16.6. The number of rotatable bonds is 4. The Morgan fingerprint density at radius 3 is 2.41 bits per heavy atom. The van der Waals surface area contributed by atoms with Gasteiger partial charge in [0.25, 0.3) is 0 Å². The van der Waals surface area contributed by atoms with Crippen molar-refractivity contribution in [1.82, 2.24) is 20.4 Å². The van der Waals surface area contributed by atoms with Crippen molar-refractivity contribution >= 4 is 16.7 Å². The minimum atomic E-state index is -0.214. The molecule has 0 radical (unpaired) electrons. The molecule has 1 saturated carbocycles. The molecule has 6 heteroatoms. The molecule has 0 bridgehead atoms. The largest absolute Gasteiger partial charge is 0.382 e. The van der Waals surface area contributed by atoms with Crippen LogP contribution in [-0.4, -0.2) is 20.4 Å². The van der Waals surface area contributed by atoms with E-state index < -0.39 is 0 Å². The zero-order valence-electron chi connectivity index (χ0n) is 16.6. The van der Waals surface area contributed by atoms with Crippen molar-refractivity contribution in [2.75, 3.05) is 5.73 Å². The number of nitrogens with one attached hydrogen (secondary N) is 1. The Morgan fingerprint density at radius 1 is 1.00 bits per heavy atom. The number of hydrogen-bond donors (Lipinski definition) is 3. The minimum absolute atomic E-state index is 0.116. The number of benzene rings is 2. The van der Waals surface area contributed by atoms with Crippen LogP contribution in [0.1, 0.15) is 37.6 Å². The summed E-state index contributed by atoms with van der Waals surface area (Å²) in [6.45, 7) is 4.54. The highest BCUT2D eigenvalue weighted by atomic mass is 15.2. The van der Waals surface area contributed by atoms with Gasteiger partial charge in [0.2, 0.25) is 0 Å². The molecule has 5 rings (SSSR count). The van der Waals surface area contributed by atoms with E-state index in [0.29, 0.717) is 5.82 Å². The lowest BCUT2D eigenvalue weighted by Gasteiger charge is -2.27.